The van der Waals surface area contributed by atoms with E-state index in [0.29, 0.717) is 16.6 Å². The van der Waals surface area contributed by atoms with E-state index in [-0.39, 0.29) is 0 Å². The highest BCUT2D eigenvalue weighted by atomic mass is 79.9. The van der Waals surface area contributed by atoms with Crippen molar-refractivity contribution in [3.8, 4) is 0 Å². The van der Waals surface area contributed by atoms with Crippen LogP contribution in [0, 0.1) is 0 Å². The summed E-state index contributed by atoms with van der Waals surface area (Å²) < 4.78 is 5.54. The van der Waals surface area contributed by atoms with Crippen LogP contribution in [0.25, 0.3) is 0 Å². The predicted octanol–water partition coefficient (Wildman–Crippen LogP) is 4.24. The molecule has 5 heteroatoms. The van der Waals surface area contributed by atoms with E-state index in [9.17, 15) is 4.79 Å². The van der Waals surface area contributed by atoms with Crippen molar-refractivity contribution in [3.05, 3.63) is 27.2 Å². The van der Waals surface area contributed by atoms with Gasteiger partial charge in [-0.15, -0.1) is 0 Å². The van der Waals surface area contributed by atoms with Gasteiger partial charge in [0.05, 0.1) is 23.4 Å². The van der Waals surface area contributed by atoms with Crippen LogP contribution in [0.4, 0.5) is 5.69 Å². The van der Waals surface area contributed by atoms with Gasteiger partial charge in [-0.05, 0) is 25.0 Å². The molecule has 0 aromatic heterocycles. The lowest BCUT2D eigenvalue weighted by atomic mass is 10.1. The second kappa shape index (κ2) is 5.93. The molecule has 1 N–H and O–H groups in total. The molecule has 0 saturated heterocycles. The molecule has 0 spiro atoms. The first-order valence-electron chi connectivity index (χ1n) is 5.95. The molecular formula is C13H15BrClNO2. The summed E-state index contributed by atoms with van der Waals surface area (Å²) in [5.74, 6) is -0.421. The summed E-state index contributed by atoms with van der Waals surface area (Å²) in [5.41, 5.74) is 1.17. The van der Waals surface area contributed by atoms with Crippen LogP contribution in [-0.2, 0) is 4.74 Å². The Bertz CT molecular complexity index is 459. The van der Waals surface area contributed by atoms with Gasteiger partial charge in [0.1, 0.15) is 0 Å². The van der Waals surface area contributed by atoms with Crippen LogP contribution in [0.1, 0.15) is 36.0 Å². The Balaban J connectivity index is 2.28. The largest absolute Gasteiger partial charge is 0.465 e. The SMILES string of the molecule is COC(=O)c1cc(Br)cc(NC2CCCC2)c1Cl. The maximum Gasteiger partial charge on any atom is 0.339 e. The minimum Gasteiger partial charge on any atom is -0.465 e. The maximum atomic E-state index is 11.6. The number of hydrogen-bond acceptors (Lipinski definition) is 3. The monoisotopic (exact) mass is 331 g/mol. The topological polar surface area (TPSA) is 38.3 Å². The average molecular weight is 333 g/mol. The van der Waals surface area contributed by atoms with E-state index in [4.69, 9.17) is 16.3 Å². The number of benzene rings is 1. The van der Waals surface area contributed by atoms with Gasteiger partial charge in [0.2, 0.25) is 0 Å². The second-order valence-electron chi connectivity index (χ2n) is 4.43. The fourth-order valence-electron chi connectivity index (χ4n) is 2.24. The van der Waals surface area contributed by atoms with Gasteiger partial charge in [-0.25, -0.2) is 4.79 Å². The molecule has 1 fully saturated rings. The Morgan fingerprint density at radius 2 is 2.11 bits per heavy atom. The molecule has 0 atom stereocenters. The zero-order chi connectivity index (χ0) is 13.1. The van der Waals surface area contributed by atoms with Crippen molar-refractivity contribution in [2.24, 2.45) is 0 Å². The Morgan fingerprint density at radius 3 is 2.72 bits per heavy atom. The molecule has 98 valence electrons. The zero-order valence-corrected chi connectivity index (χ0v) is 12.5. The van der Waals surface area contributed by atoms with Crippen molar-refractivity contribution < 1.29 is 9.53 Å². The van der Waals surface area contributed by atoms with E-state index >= 15 is 0 Å². The number of halogens is 2. The molecule has 1 saturated carbocycles. The number of nitrogens with one attached hydrogen (secondary N) is 1. The first-order valence-corrected chi connectivity index (χ1v) is 7.13. The predicted molar refractivity (Wildman–Crippen MR) is 76.4 cm³/mol. The third-order valence-electron chi connectivity index (χ3n) is 3.16. The molecule has 0 aliphatic heterocycles. The van der Waals surface area contributed by atoms with Crippen molar-refractivity contribution in [2.45, 2.75) is 31.7 Å². The smallest absolute Gasteiger partial charge is 0.339 e. The van der Waals surface area contributed by atoms with Gasteiger partial charge in [-0.3, -0.25) is 0 Å². The summed E-state index contributed by atoms with van der Waals surface area (Å²) in [7, 11) is 1.35. The van der Waals surface area contributed by atoms with E-state index in [1.54, 1.807) is 6.07 Å². The van der Waals surface area contributed by atoms with Gasteiger partial charge in [0.15, 0.2) is 0 Å². The van der Waals surface area contributed by atoms with Gasteiger partial charge < -0.3 is 10.1 Å². The standard InChI is InChI=1S/C13H15BrClNO2/c1-18-13(17)10-6-8(14)7-11(12(10)15)16-9-4-2-3-5-9/h6-7,9,16H,2-5H2,1H3. The number of esters is 1. The molecule has 0 unspecified atom stereocenters. The molecule has 1 aliphatic rings. The first kappa shape index (κ1) is 13.7. The number of carbonyl (C=O) groups is 1. The number of carbonyl (C=O) groups excluding carboxylic acids is 1. The maximum absolute atomic E-state index is 11.6. The van der Waals surface area contributed by atoms with Crippen molar-refractivity contribution in [1.29, 1.82) is 0 Å². The molecule has 1 aliphatic carbocycles. The van der Waals surface area contributed by atoms with Crippen molar-refractivity contribution in [3.63, 3.8) is 0 Å². The van der Waals surface area contributed by atoms with Gasteiger partial charge in [0, 0.05) is 10.5 Å². The molecule has 1 aromatic rings. The van der Waals surface area contributed by atoms with Crippen LogP contribution in [0.5, 0.6) is 0 Å². The van der Waals surface area contributed by atoms with Gasteiger partial charge >= 0.3 is 5.97 Å². The van der Waals surface area contributed by atoms with Crippen LogP contribution in [0.2, 0.25) is 5.02 Å². The van der Waals surface area contributed by atoms with Crippen molar-refractivity contribution in [2.75, 3.05) is 12.4 Å². The molecule has 0 heterocycles. The van der Waals surface area contributed by atoms with E-state index < -0.39 is 5.97 Å². The molecule has 0 bridgehead atoms. The molecular weight excluding hydrogens is 318 g/mol. The summed E-state index contributed by atoms with van der Waals surface area (Å²) in [6.07, 6.45) is 4.78. The van der Waals surface area contributed by atoms with E-state index in [0.717, 1.165) is 23.0 Å². The number of anilines is 1. The van der Waals surface area contributed by atoms with Crippen molar-refractivity contribution in [1.82, 2.24) is 0 Å². The number of hydrogen-bond donors (Lipinski definition) is 1. The lowest BCUT2D eigenvalue weighted by Gasteiger charge is -2.16. The van der Waals surface area contributed by atoms with Crippen LogP contribution in [0.3, 0.4) is 0 Å². The van der Waals surface area contributed by atoms with Crippen LogP contribution in [0.15, 0.2) is 16.6 Å². The molecule has 0 radical (unpaired) electrons. The summed E-state index contributed by atoms with van der Waals surface area (Å²) in [4.78, 5) is 11.6. The molecule has 1 aromatic carbocycles. The quantitative estimate of drug-likeness (QED) is 0.841. The molecule has 0 amide bonds. The fraction of sp³-hybridized carbons (Fsp3) is 0.462. The Morgan fingerprint density at radius 1 is 1.44 bits per heavy atom. The van der Waals surface area contributed by atoms with E-state index in [1.807, 2.05) is 6.07 Å². The highest BCUT2D eigenvalue weighted by Gasteiger charge is 2.19. The van der Waals surface area contributed by atoms with Gasteiger partial charge in [-0.2, -0.15) is 0 Å². The normalized spacial score (nSPS) is 15.7. The fourth-order valence-corrected chi connectivity index (χ4v) is 2.94. The Hall–Kier alpha value is -0.740. The van der Waals surface area contributed by atoms with Crippen LogP contribution in [-0.4, -0.2) is 19.1 Å². The second-order valence-corrected chi connectivity index (χ2v) is 5.73. The summed E-state index contributed by atoms with van der Waals surface area (Å²) in [6.45, 7) is 0. The minimum atomic E-state index is -0.421. The molecule has 3 nitrogen and oxygen atoms in total. The van der Waals surface area contributed by atoms with E-state index in [2.05, 4.69) is 21.2 Å². The van der Waals surface area contributed by atoms with Crippen LogP contribution < -0.4 is 5.32 Å². The Kier molecular flexibility index (Phi) is 4.51. The van der Waals surface area contributed by atoms with Gasteiger partial charge in [0.25, 0.3) is 0 Å². The van der Waals surface area contributed by atoms with Crippen molar-refractivity contribution >= 4 is 39.2 Å². The third kappa shape index (κ3) is 2.98. The highest BCUT2D eigenvalue weighted by Crippen LogP contribution is 2.33. The first-order chi connectivity index (χ1) is 8.61. The Labute approximate surface area is 120 Å². The molecule has 2 rings (SSSR count). The zero-order valence-electron chi connectivity index (χ0n) is 10.1. The summed E-state index contributed by atoms with van der Waals surface area (Å²) in [6, 6.07) is 4.02. The van der Waals surface area contributed by atoms with E-state index in [1.165, 1.54) is 20.0 Å². The minimum absolute atomic E-state index is 0.383. The molecule has 18 heavy (non-hydrogen) atoms. The highest BCUT2D eigenvalue weighted by molar-refractivity contribution is 9.10. The van der Waals surface area contributed by atoms with Gasteiger partial charge in [-0.1, -0.05) is 40.4 Å². The summed E-state index contributed by atoms with van der Waals surface area (Å²) in [5, 5.41) is 3.83. The lowest BCUT2D eigenvalue weighted by molar-refractivity contribution is 0.0601. The number of methoxy groups -OCH3 is 1. The van der Waals surface area contributed by atoms with Crippen LogP contribution >= 0.6 is 27.5 Å². The third-order valence-corrected chi connectivity index (χ3v) is 4.02. The summed E-state index contributed by atoms with van der Waals surface area (Å²) >= 11 is 9.64. The number of ether oxygens (including phenoxy) is 1. The average Bonchev–Trinajstić information content (AvgIpc) is 2.85. The lowest BCUT2D eigenvalue weighted by Crippen LogP contribution is -2.15. The number of rotatable bonds is 3.